The van der Waals surface area contributed by atoms with Gasteiger partial charge in [0.2, 0.25) is 0 Å². The van der Waals surface area contributed by atoms with E-state index in [9.17, 15) is 4.39 Å². The van der Waals surface area contributed by atoms with Crippen molar-refractivity contribution in [3.8, 4) is 28.6 Å². The van der Waals surface area contributed by atoms with Crippen molar-refractivity contribution in [3.05, 3.63) is 23.1 Å². The van der Waals surface area contributed by atoms with E-state index < -0.39 is 0 Å². The van der Waals surface area contributed by atoms with Crippen LogP contribution in [0, 0.1) is 0 Å². The molecule has 0 atom stereocenters. The minimum absolute atomic E-state index is 0.285. The summed E-state index contributed by atoms with van der Waals surface area (Å²) in [6, 6.07) is 4.24. The number of alkyl halides is 1. The minimum Gasteiger partial charge on any atom is -0.496 e. The lowest BCUT2D eigenvalue weighted by molar-refractivity contribution is 0.0842. The van der Waals surface area contributed by atoms with Crippen LogP contribution in [0.3, 0.4) is 0 Å². The van der Waals surface area contributed by atoms with E-state index >= 15 is 0 Å². The second-order valence-electron chi connectivity index (χ2n) is 8.64. The Balaban J connectivity index is 1.81. The van der Waals surface area contributed by atoms with Crippen molar-refractivity contribution >= 4 is 21.9 Å². The van der Waals surface area contributed by atoms with Crippen LogP contribution in [0.1, 0.15) is 38.2 Å². The first-order chi connectivity index (χ1) is 17.7. The van der Waals surface area contributed by atoms with Crippen LogP contribution in [-0.4, -0.2) is 70.0 Å². The van der Waals surface area contributed by atoms with Gasteiger partial charge in [-0.3, -0.25) is 4.39 Å². The zero-order chi connectivity index (χ0) is 25.5. The van der Waals surface area contributed by atoms with Crippen molar-refractivity contribution in [3.63, 3.8) is 0 Å². The maximum absolute atomic E-state index is 12.9. The summed E-state index contributed by atoms with van der Waals surface area (Å²) in [6.07, 6.45) is 3.12. The summed E-state index contributed by atoms with van der Waals surface area (Å²) in [6.45, 7) is 4.92. The lowest BCUT2D eigenvalue weighted by atomic mass is 10.1. The highest BCUT2D eigenvalue weighted by atomic mass is 32.1. The van der Waals surface area contributed by atoms with E-state index in [0.717, 1.165) is 66.4 Å². The molecule has 3 heterocycles. The number of nitrogens with zero attached hydrogens (tertiary/aromatic N) is 3. The average Bonchev–Trinajstić information content (AvgIpc) is 3.49. The van der Waals surface area contributed by atoms with Crippen LogP contribution in [0.15, 0.2) is 17.5 Å². The number of aromatic nitrogens is 2. The van der Waals surface area contributed by atoms with Gasteiger partial charge in [-0.15, -0.1) is 16.4 Å². The number of halogens is 1. The molecule has 0 aliphatic carbocycles. The number of hydrogen-bond acceptors (Lipinski definition) is 8. The van der Waals surface area contributed by atoms with Gasteiger partial charge in [0.05, 0.1) is 45.9 Å². The SMILES string of the molecule is CCOCc1cc(OC)c(-c2csc3c(N(CCCCF)C4CCOCC4)c(OC)nn23)c(OC)c1. The maximum Gasteiger partial charge on any atom is 0.258 e. The van der Waals surface area contributed by atoms with Crippen LogP contribution in [0.2, 0.25) is 0 Å². The fourth-order valence-corrected chi connectivity index (χ4v) is 5.72. The molecule has 1 saturated heterocycles. The molecule has 1 fully saturated rings. The third-order valence-electron chi connectivity index (χ3n) is 6.49. The number of unbranched alkanes of at least 4 members (excludes halogenated alkanes) is 1. The van der Waals surface area contributed by atoms with Gasteiger partial charge in [-0.25, -0.2) is 4.52 Å². The Morgan fingerprint density at radius 2 is 1.83 bits per heavy atom. The van der Waals surface area contributed by atoms with Gasteiger partial charge >= 0.3 is 0 Å². The Kier molecular flexibility index (Phi) is 9.28. The molecule has 1 aliphatic rings. The molecule has 2 aromatic heterocycles. The molecule has 36 heavy (non-hydrogen) atoms. The number of thiazole rings is 1. The predicted molar refractivity (Wildman–Crippen MR) is 140 cm³/mol. The highest BCUT2D eigenvalue weighted by molar-refractivity contribution is 7.16. The molecular weight excluding hydrogens is 485 g/mol. The topological polar surface area (TPSA) is 66.7 Å². The van der Waals surface area contributed by atoms with Crippen molar-refractivity contribution in [1.29, 1.82) is 0 Å². The zero-order valence-electron chi connectivity index (χ0n) is 21.5. The summed E-state index contributed by atoms with van der Waals surface area (Å²) in [5.41, 5.74) is 3.59. The Bertz CT molecular complexity index is 1100. The fourth-order valence-electron chi connectivity index (χ4n) is 4.73. The first-order valence-electron chi connectivity index (χ1n) is 12.4. The smallest absolute Gasteiger partial charge is 0.258 e. The van der Waals surface area contributed by atoms with E-state index in [2.05, 4.69) is 10.3 Å². The predicted octanol–water partition coefficient (Wildman–Crippen LogP) is 5.36. The molecule has 10 heteroatoms. The molecule has 1 aliphatic heterocycles. The number of methoxy groups -OCH3 is 3. The van der Waals surface area contributed by atoms with Gasteiger partial charge in [-0.2, -0.15) is 0 Å². The average molecular weight is 522 g/mol. The molecule has 0 spiro atoms. The molecule has 8 nitrogen and oxygen atoms in total. The number of rotatable bonds is 13. The largest absolute Gasteiger partial charge is 0.496 e. The van der Waals surface area contributed by atoms with Crippen LogP contribution >= 0.6 is 11.3 Å². The van der Waals surface area contributed by atoms with Crippen molar-refractivity contribution in [2.75, 3.05) is 59.3 Å². The van der Waals surface area contributed by atoms with E-state index in [0.29, 0.717) is 37.0 Å². The third kappa shape index (κ3) is 5.40. The number of ether oxygens (including phenoxy) is 5. The standard InChI is InChI=1S/C26H36FN3O5S/c1-5-34-16-18-14-21(31-2)23(22(15-18)32-3)20-17-36-26-24(25(33-4)28-30(20)26)29(11-7-6-10-27)19-8-12-35-13-9-19/h14-15,17,19H,5-13,16H2,1-4H3. The Morgan fingerprint density at radius 3 is 2.44 bits per heavy atom. The van der Waals surface area contributed by atoms with E-state index in [-0.39, 0.29) is 12.7 Å². The quantitative estimate of drug-likeness (QED) is 0.281. The monoisotopic (exact) mass is 521 g/mol. The second-order valence-corrected chi connectivity index (χ2v) is 9.50. The van der Waals surface area contributed by atoms with Crippen LogP contribution in [-0.2, 0) is 16.1 Å². The molecule has 0 unspecified atom stereocenters. The Labute approximate surface area is 215 Å². The summed E-state index contributed by atoms with van der Waals surface area (Å²) >= 11 is 1.60. The zero-order valence-corrected chi connectivity index (χ0v) is 22.4. The van der Waals surface area contributed by atoms with Crippen molar-refractivity contribution in [2.45, 2.75) is 45.3 Å². The van der Waals surface area contributed by atoms with E-state index in [1.54, 1.807) is 32.7 Å². The first-order valence-corrected chi connectivity index (χ1v) is 13.3. The second kappa shape index (κ2) is 12.6. The molecule has 0 amide bonds. The van der Waals surface area contributed by atoms with E-state index in [1.807, 2.05) is 23.6 Å². The molecule has 0 N–H and O–H groups in total. The maximum atomic E-state index is 12.9. The van der Waals surface area contributed by atoms with Gasteiger partial charge in [0, 0.05) is 37.8 Å². The van der Waals surface area contributed by atoms with Crippen LogP contribution < -0.4 is 19.1 Å². The fraction of sp³-hybridized carbons (Fsp3) is 0.577. The lowest BCUT2D eigenvalue weighted by Crippen LogP contribution is -2.40. The molecule has 1 aromatic carbocycles. The number of fused-ring (bicyclic) bond motifs is 1. The van der Waals surface area contributed by atoms with Crippen LogP contribution in [0.5, 0.6) is 17.4 Å². The Morgan fingerprint density at radius 1 is 1.11 bits per heavy atom. The molecule has 198 valence electrons. The van der Waals surface area contributed by atoms with Crippen LogP contribution in [0.4, 0.5) is 10.1 Å². The molecule has 0 bridgehead atoms. The Hall–Kier alpha value is -2.56. The molecule has 0 radical (unpaired) electrons. The molecule has 3 aromatic rings. The van der Waals surface area contributed by atoms with Crippen molar-refractivity contribution < 1.29 is 28.1 Å². The molecule has 4 rings (SSSR count). The first kappa shape index (κ1) is 26.5. The summed E-state index contributed by atoms with van der Waals surface area (Å²) in [4.78, 5) is 3.32. The van der Waals surface area contributed by atoms with E-state index in [4.69, 9.17) is 28.8 Å². The van der Waals surface area contributed by atoms with Crippen molar-refractivity contribution in [2.24, 2.45) is 0 Å². The van der Waals surface area contributed by atoms with Gasteiger partial charge in [0.25, 0.3) is 5.88 Å². The van der Waals surface area contributed by atoms with Gasteiger partial charge in [-0.05, 0) is 50.3 Å². The van der Waals surface area contributed by atoms with E-state index in [1.165, 1.54) is 0 Å². The highest BCUT2D eigenvalue weighted by Crippen LogP contribution is 2.45. The van der Waals surface area contributed by atoms with Crippen LogP contribution in [0.25, 0.3) is 16.1 Å². The normalized spacial score (nSPS) is 14.4. The summed E-state index contributed by atoms with van der Waals surface area (Å²) in [7, 11) is 4.95. The molecule has 0 saturated carbocycles. The summed E-state index contributed by atoms with van der Waals surface area (Å²) < 4.78 is 43.4. The van der Waals surface area contributed by atoms with Gasteiger partial charge in [0.15, 0.2) is 0 Å². The highest BCUT2D eigenvalue weighted by Gasteiger charge is 2.30. The number of hydrogen-bond donors (Lipinski definition) is 0. The lowest BCUT2D eigenvalue weighted by Gasteiger charge is -2.35. The van der Waals surface area contributed by atoms with Gasteiger partial charge in [-0.1, -0.05) is 0 Å². The molecular formula is C26H36FN3O5S. The van der Waals surface area contributed by atoms with Crippen molar-refractivity contribution in [1.82, 2.24) is 9.61 Å². The van der Waals surface area contributed by atoms with Gasteiger partial charge < -0.3 is 28.6 Å². The summed E-state index contributed by atoms with van der Waals surface area (Å²) in [5.74, 6) is 1.92. The number of anilines is 1. The minimum atomic E-state index is -0.315. The summed E-state index contributed by atoms with van der Waals surface area (Å²) in [5, 5.41) is 6.92. The third-order valence-corrected chi connectivity index (χ3v) is 7.42. The number of benzene rings is 1. The van der Waals surface area contributed by atoms with Gasteiger partial charge in [0.1, 0.15) is 22.0 Å².